The van der Waals surface area contributed by atoms with Crippen LogP contribution in [-0.2, 0) is 33.4 Å². The molecule has 0 saturated carbocycles. The van der Waals surface area contributed by atoms with Crippen LogP contribution in [0, 0.1) is 39.9 Å². The molecule has 0 aromatic rings. The maximum atomic E-state index is 14.3. The second-order valence-corrected chi connectivity index (χ2v) is 15.1. The van der Waals surface area contributed by atoms with E-state index < -0.39 is 156 Å². The number of hydrogen-bond acceptors (Lipinski definition) is 15. The van der Waals surface area contributed by atoms with E-state index in [2.05, 4.69) is 10.1 Å². The van der Waals surface area contributed by atoms with E-state index in [4.69, 9.17) is 9.84 Å². The summed E-state index contributed by atoms with van der Waals surface area (Å²) in [6.07, 6.45) is -10.8. The summed E-state index contributed by atoms with van der Waals surface area (Å²) < 4.78 is 241. The van der Waals surface area contributed by atoms with Crippen molar-refractivity contribution in [2.75, 3.05) is 125 Å². The van der Waals surface area contributed by atoms with Crippen LogP contribution in [0.2, 0.25) is 0 Å². The molecule has 2 N–H and O–H groups in total. The molecule has 0 aromatic carbocycles. The van der Waals surface area contributed by atoms with E-state index in [0.29, 0.717) is 0 Å². The standard InChI is InChI=1S/C35H49F17N6O11.Gd/c1-22(57-9-7-55(20-25(63)64)5-3-54(19-24(61)62)4-6-56(8-10-57)21-26(65)66)27(67)53-18-23(60)58(12-16-69-17-13-59)11-15-68-14-2-28(36,37)29(38,39)30(40,41)31(42,43)32(44,45)33(46,47)34(48,49)35(50,51)52;/h22,59H,2-21H2,1H3,(H,53,67)(H,61,62)(H,63,64)(H,65,66);/q;+3/p-3. The van der Waals surface area contributed by atoms with Crippen molar-refractivity contribution in [3.63, 3.8) is 0 Å². The molecule has 409 valence electrons. The molecule has 1 atom stereocenters. The SMILES string of the molecule is CC(C(=O)NCC(=O)N(CCOCCO)CCOCCC(F)(F)C(F)(F)C(F)(F)C(F)(F)C(F)(F)C(F)(F)C(F)(F)C(F)(F)F)N1CCN(CC(=O)[O-])CCN(CC(=O)[O-])CCN(CC(=O)[O-])CC1.[Gd+3]. The fourth-order valence-electron chi connectivity index (χ4n) is 6.08. The second-order valence-electron chi connectivity index (χ2n) is 15.1. The van der Waals surface area contributed by atoms with Crippen LogP contribution in [0.3, 0.4) is 0 Å². The van der Waals surface area contributed by atoms with Crippen LogP contribution in [0.4, 0.5) is 74.6 Å². The molecule has 17 nitrogen and oxygen atoms in total. The number of carboxylic acid groups (broad SMARTS) is 3. The molecule has 1 saturated heterocycles. The monoisotopic (exact) mass is 1210 g/mol. The van der Waals surface area contributed by atoms with Crippen molar-refractivity contribution in [1.29, 1.82) is 0 Å². The van der Waals surface area contributed by atoms with Crippen LogP contribution >= 0.6 is 0 Å². The average Bonchev–Trinajstić information content (AvgIpc) is 3.21. The maximum Gasteiger partial charge on any atom is 3.00 e. The van der Waals surface area contributed by atoms with Gasteiger partial charge in [-0.2, -0.15) is 74.6 Å². The van der Waals surface area contributed by atoms with Gasteiger partial charge in [-0.05, 0) is 6.92 Å². The normalized spacial score (nSPS) is 17.2. The Morgan fingerprint density at radius 3 is 1.26 bits per heavy atom. The molecule has 1 rings (SSSR count). The minimum atomic E-state index is -8.78. The number of carbonyl (C=O) groups excluding carboxylic acids is 5. The molecule has 1 unspecified atom stereocenters. The van der Waals surface area contributed by atoms with E-state index >= 15 is 0 Å². The van der Waals surface area contributed by atoms with Gasteiger partial charge >= 0.3 is 87.6 Å². The molecule has 1 radical (unpaired) electrons. The van der Waals surface area contributed by atoms with E-state index in [1.807, 2.05) is 0 Å². The zero-order chi connectivity index (χ0) is 53.6. The van der Waals surface area contributed by atoms with Crippen LogP contribution in [0.1, 0.15) is 13.3 Å². The van der Waals surface area contributed by atoms with E-state index in [9.17, 15) is 114 Å². The summed E-state index contributed by atoms with van der Waals surface area (Å²) in [5.74, 6) is -64.0. The number of rotatable bonds is 27. The number of nitrogens with zero attached hydrogens (tertiary/aromatic N) is 5. The number of alkyl halides is 17. The molecular formula is C35H46F17GdN6O11. The number of halogens is 17. The molecule has 0 bridgehead atoms. The number of aliphatic hydroxyl groups excluding tert-OH is 1. The zero-order valence-corrected chi connectivity index (χ0v) is 38.5. The summed E-state index contributed by atoms with van der Waals surface area (Å²) >= 11 is 0. The Labute approximate surface area is 418 Å². The van der Waals surface area contributed by atoms with Gasteiger partial charge in [-0.15, -0.1) is 0 Å². The van der Waals surface area contributed by atoms with Gasteiger partial charge in [0.25, 0.3) is 0 Å². The fourth-order valence-corrected chi connectivity index (χ4v) is 6.08. The van der Waals surface area contributed by atoms with Crippen molar-refractivity contribution < 1.29 is 168 Å². The topological polar surface area (TPSA) is 221 Å². The molecule has 1 heterocycles. The summed E-state index contributed by atoms with van der Waals surface area (Å²) in [7, 11) is 0. The van der Waals surface area contributed by atoms with Gasteiger partial charge in [0.2, 0.25) is 11.8 Å². The first-order valence-electron chi connectivity index (χ1n) is 19.9. The first-order chi connectivity index (χ1) is 31.4. The quantitative estimate of drug-likeness (QED) is 0.0686. The molecule has 0 aromatic heterocycles. The van der Waals surface area contributed by atoms with Crippen molar-refractivity contribution in [2.45, 2.75) is 67.0 Å². The van der Waals surface area contributed by atoms with Gasteiger partial charge in [0, 0.05) is 91.5 Å². The van der Waals surface area contributed by atoms with Crippen molar-refractivity contribution >= 4 is 29.7 Å². The Balaban J connectivity index is 0.0000476. The number of amides is 2. The summed E-state index contributed by atoms with van der Waals surface area (Å²) in [6.45, 7) is -7.62. The maximum absolute atomic E-state index is 14.3. The first kappa shape index (κ1) is 67.2. The van der Waals surface area contributed by atoms with Crippen LogP contribution in [0.15, 0.2) is 0 Å². The number of hydrogen-bond donors (Lipinski definition) is 2. The van der Waals surface area contributed by atoms with Crippen LogP contribution in [-0.4, -0.2) is 238 Å². The fraction of sp³-hybridized carbons (Fsp3) is 0.857. The van der Waals surface area contributed by atoms with Crippen molar-refractivity contribution in [3.8, 4) is 0 Å². The molecule has 35 heteroatoms. The van der Waals surface area contributed by atoms with E-state index in [1.165, 1.54) is 26.5 Å². The van der Waals surface area contributed by atoms with Gasteiger partial charge in [-0.25, -0.2) is 0 Å². The molecule has 0 aliphatic carbocycles. The number of ether oxygens (including phenoxy) is 2. The molecule has 1 aliphatic heterocycles. The minimum absolute atomic E-state index is 0. The molecule has 2 amide bonds. The Kier molecular flexibility index (Phi) is 26.4. The van der Waals surface area contributed by atoms with Crippen molar-refractivity contribution in [1.82, 2.24) is 29.8 Å². The Bertz CT molecular complexity index is 1680. The van der Waals surface area contributed by atoms with E-state index in [1.54, 1.807) is 0 Å². The number of carboxylic acids is 3. The van der Waals surface area contributed by atoms with Crippen LogP contribution in [0.5, 0.6) is 0 Å². The third kappa shape index (κ3) is 17.4. The van der Waals surface area contributed by atoms with Crippen molar-refractivity contribution in [2.24, 2.45) is 0 Å². The smallest absolute Gasteiger partial charge is 0.549 e. The predicted molar refractivity (Wildman–Crippen MR) is 189 cm³/mol. The summed E-state index contributed by atoms with van der Waals surface area (Å²) in [5.41, 5.74) is 0. The summed E-state index contributed by atoms with van der Waals surface area (Å²) in [4.78, 5) is 66.8. The first-order valence-corrected chi connectivity index (χ1v) is 19.9. The summed E-state index contributed by atoms with van der Waals surface area (Å²) in [6, 6.07) is -1.19. The van der Waals surface area contributed by atoms with Crippen LogP contribution < -0.4 is 20.6 Å². The van der Waals surface area contributed by atoms with Crippen molar-refractivity contribution in [3.05, 3.63) is 0 Å². The van der Waals surface area contributed by atoms with Gasteiger partial charge in [0.05, 0.1) is 63.5 Å². The molecular weight excluding hydrogens is 1160 g/mol. The third-order valence-electron chi connectivity index (χ3n) is 10.2. The van der Waals surface area contributed by atoms with E-state index in [0.717, 1.165) is 4.90 Å². The number of carbonyl (C=O) groups is 5. The Morgan fingerprint density at radius 2 is 0.900 bits per heavy atom. The largest absolute Gasteiger partial charge is 3.00 e. The number of aliphatic hydroxyl groups is 1. The number of nitrogens with one attached hydrogen (secondary N) is 1. The van der Waals surface area contributed by atoms with Gasteiger partial charge in [0.1, 0.15) is 0 Å². The van der Waals surface area contributed by atoms with Gasteiger partial charge in [-0.1, -0.05) is 0 Å². The number of aliphatic carboxylic acids is 3. The predicted octanol–water partition coefficient (Wildman–Crippen LogP) is -1.78. The van der Waals surface area contributed by atoms with E-state index in [-0.39, 0.29) is 98.9 Å². The molecule has 0 spiro atoms. The third-order valence-corrected chi connectivity index (χ3v) is 10.2. The molecule has 1 aliphatic rings. The zero-order valence-electron chi connectivity index (χ0n) is 36.3. The van der Waals surface area contributed by atoms with Crippen LogP contribution in [0.25, 0.3) is 0 Å². The van der Waals surface area contributed by atoms with Gasteiger partial charge < -0.3 is 54.5 Å². The summed E-state index contributed by atoms with van der Waals surface area (Å²) in [5, 5.41) is 45.3. The van der Waals surface area contributed by atoms with Gasteiger partial charge in [0.15, 0.2) is 0 Å². The second kappa shape index (κ2) is 27.5. The Hall–Kier alpha value is -2.80. The minimum Gasteiger partial charge on any atom is -0.549 e. The van der Waals surface area contributed by atoms with Gasteiger partial charge in [-0.3, -0.25) is 29.2 Å². The molecule has 70 heavy (non-hydrogen) atoms. The molecule has 1 fully saturated rings. The Morgan fingerprint density at radius 1 is 0.557 bits per heavy atom. The average molecular weight is 1210 g/mol.